The third-order valence-electron chi connectivity index (χ3n) is 9.19. The number of rotatable bonds is 6. The molecule has 5 rings (SSSR count). The van der Waals surface area contributed by atoms with Crippen molar-refractivity contribution in [2.45, 2.75) is 69.5 Å². The van der Waals surface area contributed by atoms with Gasteiger partial charge in [-0.2, -0.15) is 0 Å². The van der Waals surface area contributed by atoms with E-state index in [1.807, 2.05) is 0 Å². The molecule has 0 radical (unpaired) electrons. The second kappa shape index (κ2) is 11.7. The summed E-state index contributed by atoms with van der Waals surface area (Å²) in [5.74, 6) is -2.27. The molecule has 0 spiro atoms. The summed E-state index contributed by atoms with van der Waals surface area (Å²) in [4.78, 5) is 22.9. The maximum Gasteiger partial charge on any atom is 0.241 e. The number of amides is 1. The number of carbonyl (C=O) groups excluding carboxylic acids is 1. The van der Waals surface area contributed by atoms with E-state index < -0.39 is 45.1 Å². The molecule has 4 atom stereocenters. The molecule has 3 fully saturated rings. The number of hydrogen-bond acceptors (Lipinski definition) is 5. The number of sulfonamides is 1. The maximum absolute atomic E-state index is 16.1. The predicted octanol–water partition coefficient (Wildman–Crippen LogP) is 5.71. The Labute approximate surface area is 262 Å². The Morgan fingerprint density at radius 2 is 1.79 bits per heavy atom. The van der Waals surface area contributed by atoms with Crippen LogP contribution in [0.2, 0.25) is 10.0 Å². The van der Waals surface area contributed by atoms with Crippen LogP contribution in [0.5, 0.6) is 0 Å². The minimum atomic E-state index is -3.34. The molecule has 4 unspecified atom stereocenters. The van der Waals surface area contributed by atoms with Gasteiger partial charge in [-0.15, -0.1) is 0 Å². The van der Waals surface area contributed by atoms with Crippen molar-refractivity contribution in [3.05, 3.63) is 69.2 Å². The average Bonchev–Trinajstić information content (AvgIpc) is 3.37. The lowest BCUT2D eigenvalue weighted by molar-refractivity contribution is -0.132. The van der Waals surface area contributed by atoms with E-state index in [2.05, 4.69) is 30.7 Å². The van der Waals surface area contributed by atoms with Crippen LogP contribution in [0, 0.1) is 17.0 Å². The first-order valence-corrected chi connectivity index (χ1v) is 17.0. The van der Waals surface area contributed by atoms with Crippen LogP contribution in [0.4, 0.5) is 8.78 Å². The van der Waals surface area contributed by atoms with E-state index in [0.717, 1.165) is 0 Å². The number of carbonyl (C=O) groups is 1. The van der Waals surface area contributed by atoms with Gasteiger partial charge in [-0.25, -0.2) is 21.5 Å². The fraction of sp³-hybridized carbons (Fsp3) is 0.548. The molecule has 43 heavy (non-hydrogen) atoms. The first-order valence-electron chi connectivity index (χ1n) is 14.4. The molecule has 0 aliphatic carbocycles. The number of fused-ring (bicyclic) bond motifs is 1. The van der Waals surface area contributed by atoms with Crippen molar-refractivity contribution in [3.8, 4) is 0 Å². The van der Waals surface area contributed by atoms with Gasteiger partial charge >= 0.3 is 0 Å². The fourth-order valence-corrected chi connectivity index (χ4v) is 8.70. The van der Waals surface area contributed by atoms with Gasteiger partial charge in [-0.3, -0.25) is 14.7 Å². The zero-order chi connectivity index (χ0) is 31.5. The molecule has 3 aliphatic heterocycles. The summed E-state index contributed by atoms with van der Waals surface area (Å²) < 4.78 is 57.9. The Bertz CT molecular complexity index is 1540. The van der Waals surface area contributed by atoms with E-state index in [1.54, 1.807) is 42.4 Å². The van der Waals surface area contributed by atoms with Crippen LogP contribution in [-0.4, -0.2) is 85.8 Å². The molecule has 234 valence electrons. The molecule has 3 aliphatic rings. The monoisotopic (exact) mass is 654 g/mol. The fourth-order valence-electron chi connectivity index (χ4n) is 7.49. The van der Waals surface area contributed by atoms with Crippen LogP contribution >= 0.6 is 23.2 Å². The summed E-state index contributed by atoms with van der Waals surface area (Å²) in [6.07, 6.45) is 4.40. The standard InChI is InChI=1S/C31H38Cl2F2N4O3S/c1-30(2,3)16-25-31(17-36-4,22-10-9-19(32)15-24(22)34)26(21-7-6-8-23(33)27(21)35)28-29(40)38(18-39(25)28)20-11-13-37(14-12-20)43(5,41)42/h6-10,15,17,20,25-26,28H,11-14,16,18H2,1-5H3. The molecule has 12 heteroatoms. The van der Waals surface area contributed by atoms with Gasteiger partial charge in [0.2, 0.25) is 15.9 Å². The molecule has 1 amide bonds. The first kappa shape index (κ1) is 32.3. The number of nitrogens with zero attached hydrogens (tertiary/aromatic N) is 4. The minimum absolute atomic E-state index is 0.0855. The van der Waals surface area contributed by atoms with Crippen LogP contribution in [0.15, 0.2) is 41.4 Å². The molecule has 0 bridgehead atoms. The van der Waals surface area contributed by atoms with Gasteiger partial charge < -0.3 is 4.90 Å². The lowest BCUT2D eigenvalue weighted by Crippen LogP contribution is -2.52. The third kappa shape index (κ3) is 5.74. The van der Waals surface area contributed by atoms with E-state index in [0.29, 0.717) is 32.4 Å². The lowest BCUT2D eigenvalue weighted by atomic mass is 9.62. The van der Waals surface area contributed by atoms with Gasteiger partial charge in [0.25, 0.3) is 0 Å². The number of aliphatic imine (C=N–C) groups is 1. The number of halogens is 4. The van der Waals surface area contributed by atoms with Crippen molar-refractivity contribution >= 4 is 45.3 Å². The molecule has 7 nitrogen and oxygen atoms in total. The van der Waals surface area contributed by atoms with Crippen molar-refractivity contribution in [1.82, 2.24) is 14.1 Å². The van der Waals surface area contributed by atoms with Gasteiger partial charge in [0.1, 0.15) is 11.6 Å². The lowest BCUT2D eigenvalue weighted by Gasteiger charge is -2.43. The maximum atomic E-state index is 16.1. The quantitative estimate of drug-likeness (QED) is 0.374. The second-order valence-corrected chi connectivity index (χ2v) is 16.0. The van der Waals surface area contributed by atoms with Gasteiger partial charge in [0.15, 0.2) is 0 Å². The van der Waals surface area contributed by atoms with Gasteiger partial charge in [0, 0.05) is 54.9 Å². The van der Waals surface area contributed by atoms with E-state index in [4.69, 9.17) is 23.2 Å². The van der Waals surface area contributed by atoms with Crippen LogP contribution < -0.4 is 0 Å². The summed E-state index contributed by atoms with van der Waals surface area (Å²) in [5.41, 5.74) is -0.996. The summed E-state index contributed by atoms with van der Waals surface area (Å²) in [7, 11) is -1.74. The van der Waals surface area contributed by atoms with E-state index >= 15 is 8.78 Å². The molecule has 0 saturated carbocycles. The molecule has 3 heterocycles. The zero-order valence-corrected chi connectivity index (χ0v) is 27.4. The van der Waals surface area contributed by atoms with Crippen molar-refractivity contribution in [2.75, 3.05) is 33.1 Å². The summed E-state index contributed by atoms with van der Waals surface area (Å²) in [5, 5.41) is 0.140. The van der Waals surface area contributed by atoms with Crippen molar-refractivity contribution in [1.29, 1.82) is 0 Å². The molecular weight excluding hydrogens is 617 g/mol. The Balaban J connectivity index is 1.70. The highest BCUT2D eigenvalue weighted by Crippen LogP contribution is 2.58. The molecule has 0 aromatic heterocycles. The van der Waals surface area contributed by atoms with Crippen molar-refractivity contribution in [2.24, 2.45) is 10.4 Å². The number of benzene rings is 2. The van der Waals surface area contributed by atoms with Crippen LogP contribution in [0.25, 0.3) is 0 Å². The Morgan fingerprint density at radius 3 is 2.37 bits per heavy atom. The molecular formula is C31H38Cl2F2N4O3S. The van der Waals surface area contributed by atoms with Crippen LogP contribution in [0.1, 0.15) is 57.1 Å². The van der Waals surface area contributed by atoms with Gasteiger partial charge in [-0.05, 0) is 48.4 Å². The van der Waals surface area contributed by atoms with Gasteiger partial charge in [-0.1, -0.05) is 62.2 Å². The first-order chi connectivity index (χ1) is 20.1. The summed E-state index contributed by atoms with van der Waals surface area (Å²) >= 11 is 12.5. The smallest absolute Gasteiger partial charge is 0.241 e. The highest BCUT2D eigenvalue weighted by molar-refractivity contribution is 7.88. The topological polar surface area (TPSA) is 73.3 Å². The molecule has 0 N–H and O–H groups in total. The van der Waals surface area contributed by atoms with Crippen LogP contribution in [0.3, 0.4) is 0 Å². The predicted molar refractivity (Wildman–Crippen MR) is 166 cm³/mol. The molecule has 2 aromatic rings. The third-order valence-corrected chi connectivity index (χ3v) is 11.0. The Morgan fingerprint density at radius 1 is 1.12 bits per heavy atom. The normalized spacial score (nSPS) is 27.9. The molecule has 2 aromatic carbocycles. The second-order valence-electron chi connectivity index (χ2n) is 13.1. The SMILES string of the molecule is CN=CC1(c2ccc(Cl)cc2F)C(c2cccc(Cl)c2F)C2C(=O)N(C3CCN(S(C)(=O)=O)CC3)CN2C1CC(C)(C)C. The van der Waals surface area contributed by atoms with E-state index in [9.17, 15) is 13.2 Å². The highest BCUT2D eigenvalue weighted by atomic mass is 35.5. The van der Waals surface area contributed by atoms with Crippen molar-refractivity contribution < 1.29 is 22.0 Å². The average molecular weight is 656 g/mol. The number of piperidine rings is 1. The number of hydrogen-bond donors (Lipinski definition) is 0. The largest absolute Gasteiger partial charge is 0.325 e. The summed E-state index contributed by atoms with van der Waals surface area (Å²) in [6.45, 7) is 7.13. The Kier molecular flexibility index (Phi) is 8.77. The van der Waals surface area contributed by atoms with Crippen molar-refractivity contribution in [3.63, 3.8) is 0 Å². The Hall–Kier alpha value is -2.11. The molecule has 3 saturated heterocycles. The van der Waals surface area contributed by atoms with E-state index in [-0.39, 0.29) is 45.2 Å². The van der Waals surface area contributed by atoms with Gasteiger partial charge in [0.05, 0.1) is 29.4 Å². The van der Waals surface area contributed by atoms with E-state index in [1.165, 1.54) is 22.7 Å². The highest BCUT2D eigenvalue weighted by Gasteiger charge is 2.66. The van der Waals surface area contributed by atoms with Crippen LogP contribution in [-0.2, 0) is 20.2 Å². The summed E-state index contributed by atoms with van der Waals surface area (Å²) in [6, 6.07) is 7.73. The zero-order valence-electron chi connectivity index (χ0n) is 25.0. The minimum Gasteiger partial charge on any atom is -0.325 e.